The van der Waals surface area contributed by atoms with E-state index in [1.165, 1.54) is 0 Å². The van der Waals surface area contributed by atoms with Gasteiger partial charge in [-0.05, 0) is 0 Å². The monoisotopic (exact) mass is 282 g/mol. The molecule has 0 aromatic rings. The first-order chi connectivity index (χ1) is 6.71. The van der Waals surface area contributed by atoms with Gasteiger partial charge in [0.15, 0.2) is 0 Å². The first-order valence-corrected chi connectivity index (χ1v) is 3.88. The molecule has 0 N–H and O–H groups in total. The Morgan fingerprint density at radius 1 is 0.667 bits per heavy atom. The van der Waals surface area contributed by atoms with E-state index in [1.54, 1.807) is 0 Å². The third-order valence-corrected chi connectivity index (χ3v) is 1.06. The summed E-state index contributed by atoms with van der Waals surface area (Å²) in [6.07, 6.45) is -10.1. The van der Waals surface area contributed by atoms with Crippen molar-refractivity contribution in [2.75, 3.05) is 0 Å². The van der Waals surface area contributed by atoms with Crippen LogP contribution in [0.1, 0.15) is 0 Å². The molecule has 0 aliphatic carbocycles. The largest absolute Gasteiger partial charge is 0.550 e. The van der Waals surface area contributed by atoms with E-state index in [0.717, 1.165) is 0 Å². The maximum absolute atomic E-state index is 11.2. The molecule has 0 spiro atoms. The number of rotatable bonds is 6. The molecule has 0 radical (unpaired) electrons. The molecular weight excluding hydrogens is 282 g/mol. The van der Waals surface area contributed by atoms with Gasteiger partial charge in [-0.25, -0.2) is 0 Å². The van der Waals surface area contributed by atoms with Gasteiger partial charge in [0.1, 0.15) is 0 Å². The van der Waals surface area contributed by atoms with Crippen molar-refractivity contribution in [3.63, 3.8) is 0 Å². The molecule has 0 aliphatic rings. The molecule has 0 aromatic heterocycles. The second-order valence-electron chi connectivity index (χ2n) is 1.40. The molecule has 0 amide bonds. The van der Waals surface area contributed by atoms with Crippen LogP contribution in [-0.2, 0) is 22.1 Å². The molecule has 15 heavy (non-hydrogen) atoms. The highest BCUT2D eigenvalue weighted by atomic mass is 32.3. The van der Waals surface area contributed by atoms with E-state index in [2.05, 4.69) is 22.1 Å². The second kappa shape index (κ2) is 6.62. The quantitative estimate of drug-likeness (QED) is 0.244. The number of hydrogen-bond acceptors (Lipinski definition) is 7. The minimum absolute atomic E-state index is 0.421. The number of hydrogen-bond donors (Lipinski definition) is 0. The Morgan fingerprint density at radius 3 is 1.27 bits per heavy atom. The Labute approximate surface area is 86.6 Å². The molecule has 0 rings (SSSR count). The Morgan fingerprint density at radius 2 is 1.00 bits per heavy atom. The van der Waals surface area contributed by atoms with Gasteiger partial charge in [0, 0.05) is 0 Å². The first-order valence-electron chi connectivity index (χ1n) is 2.54. The standard InChI is InChI=1S/C2F6O5S2/c3-1(4,5)9-11-14-13-15-12-10-2(6,7)8. The topological polar surface area (TPSA) is 46.2 Å². The van der Waals surface area contributed by atoms with E-state index >= 15 is 0 Å². The van der Waals surface area contributed by atoms with E-state index in [1.807, 2.05) is 0 Å². The minimum Gasteiger partial charge on any atom is -0.186 e. The summed E-state index contributed by atoms with van der Waals surface area (Å²) >= 11 is -0.842. The van der Waals surface area contributed by atoms with Crippen LogP contribution in [0.25, 0.3) is 0 Å². The average Bonchev–Trinajstić information content (AvgIpc) is 1.98. The lowest BCUT2D eigenvalue weighted by Crippen LogP contribution is -2.11. The fourth-order valence-electron chi connectivity index (χ4n) is 0.139. The lowest BCUT2D eigenvalue weighted by molar-refractivity contribution is -0.443. The van der Waals surface area contributed by atoms with Gasteiger partial charge in [0.2, 0.25) is 24.6 Å². The van der Waals surface area contributed by atoms with Crippen LogP contribution in [0, 0.1) is 0 Å². The van der Waals surface area contributed by atoms with Crippen molar-refractivity contribution < 1.29 is 48.4 Å². The zero-order chi connectivity index (χ0) is 11.9. The average molecular weight is 282 g/mol. The van der Waals surface area contributed by atoms with E-state index < -0.39 is 37.4 Å². The molecule has 0 unspecified atom stereocenters. The molecule has 92 valence electrons. The van der Waals surface area contributed by atoms with Crippen LogP contribution in [-0.4, -0.2) is 12.7 Å². The molecule has 0 heterocycles. The third-order valence-electron chi connectivity index (χ3n) is 0.368. The number of alkyl halides is 6. The lowest BCUT2D eigenvalue weighted by Gasteiger charge is -2.04. The highest BCUT2D eigenvalue weighted by Gasteiger charge is 2.32. The van der Waals surface area contributed by atoms with E-state index in [-0.39, 0.29) is 0 Å². The summed E-state index contributed by atoms with van der Waals surface area (Å²) in [4.78, 5) is 5.37. The molecule has 0 fully saturated rings. The van der Waals surface area contributed by atoms with E-state index in [4.69, 9.17) is 0 Å². The molecular formula is C2F6O5S2. The molecule has 0 atom stereocenters. The Bertz CT molecular complexity index is 152. The van der Waals surface area contributed by atoms with Crippen molar-refractivity contribution in [2.45, 2.75) is 12.7 Å². The lowest BCUT2D eigenvalue weighted by atomic mass is 11.4. The fourth-order valence-corrected chi connectivity index (χ4v) is 0.621. The van der Waals surface area contributed by atoms with E-state index in [9.17, 15) is 26.3 Å². The maximum Gasteiger partial charge on any atom is 0.550 e. The normalized spacial score (nSPS) is 13.2. The van der Waals surface area contributed by atoms with Crippen molar-refractivity contribution in [3.05, 3.63) is 0 Å². The summed E-state index contributed by atoms with van der Waals surface area (Å²) in [6, 6.07) is 0. The maximum atomic E-state index is 11.2. The zero-order valence-electron chi connectivity index (χ0n) is 6.13. The van der Waals surface area contributed by atoms with Gasteiger partial charge in [-0.1, -0.05) is 0 Å². The summed E-state index contributed by atoms with van der Waals surface area (Å²) in [5.41, 5.74) is 0. The van der Waals surface area contributed by atoms with Crippen LogP contribution in [0.5, 0.6) is 0 Å². The molecule has 13 heteroatoms. The van der Waals surface area contributed by atoms with Crippen LogP contribution in [0.15, 0.2) is 0 Å². The van der Waals surface area contributed by atoms with Crippen molar-refractivity contribution in [3.8, 4) is 0 Å². The van der Waals surface area contributed by atoms with Crippen molar-refractivity contribution in [2.24, 2.45) is 0 Å². The van der Waals surface area contributed by atoms with Crippen molar-refractivity contribution in [1.82, 2.24) is 0 Å². The highest BCUT2D eigenvalue weighted by molar-refractivity contribution is 8.03. The van der Waals surface area contributed by atoms with Gasteiger partial charge in [0.25, 0.3) is 0 Å². The summed E-state index contributed by atoms with van der Waals surface area (Å²) in [5, 5.41) is 0. The molecule has 0 aliphatic heterocycles. The van der Waals surface area contributed by atoms with Crippen LogP contribution in [0.4, 0.5) is 26.3 Å². The molecule has 5 nitrogen and oxygen atoms in total. The molecule has 0 aromatic carbocycles. The van der Waals surface area contributed by atoms with Crippen LogP contribution >= 0.6 is 24.6 Å². The van der Waals surface area contributed by atoms with Gasteiger partial charge < -0.3 is 0 Å². The zero-order valence-corrected chi connectivity index (χ0v) is 7.76. The van der Waals surface area contributed by atoms with Crippen LogP contribution in [0.2, 0.25) is 0 Å². The minimum atomic E-state index is -5.05. The summed E-state index contributed by atoms with van der Waals surface area (Å²) < 4.78 is 77.2. The van der Waals surface area contributed by atoms with Crippen LogP contribution < -0.4 is 0 Å². The summed E-state index contributed by atoms with van der Waals surface area (Å²) in [7, 11) is 0. The molecule has 0 bridgehead atoms. The highest BCUT2D eigenvalue weighted by Crippen LogP contribution is 2.25. The third kappa shape index (κ3) is 14.1. The van der Waals surface area contributed by atoms with Gasteiger partial charge in [0.05, 0.1) is 0 Å². The molecule has 0 saturated carbocycles. The summed E-state index contributed by atoms with van der Waals surface area (Å²) in [6.45, 7) is 0. The predicted octanol–water partition coefficient (Wildman–Crippen LogP) is 3.07. The SMILES string of the molecule is FC(F)(F)OOSOSOOC(F)(F)F. The van der Waals surface area contributed by atoms with Gasteiger partial charge >= 0.3 is 12.7 Å². The van der Waals surface area contributed by atoms with Crippen molar-refractivity contribution >= 4 is 24.6 Å². The number of halogens is 6. The first kappa shape index (κ1) is 15.1. The second-order valence-corrected chi connectivity index (χ2v) is 2.49. The fraction of sp³-hybridized carbons (Fsp3) is 1.00. The van der Waals surface area contributed by atoms with Gasteiger partial charge in [-0.15, -0.1) is 44.8 Å². The Balaban J connectivity index is 3.20. The van der Waals surface area contributed by atoms with Gasteiger partial charge in [-0.2, -0.15) is 3.63 Å². The van der Waals surface area contributed by atoms with Crippen LogP contribution in [0.3, 0.4) is 0 Å². The van der Waals surface area contributed by atoms with Crippen molar-refractivity contribution in [1.29, 1.82) is 0 Å². The smallest absolute Gasteiger partial charge is 0.186 e. The Kier molecular flexibility index (Phi) is 6.65. The van der Waals surface area contributed by atoms with E-state index in [0.29, 0.717) is 0 Å². The van der Waals surface area contributed by atoms with Gasteiger partial charge in [-0.3, -0.25) is 0 Å². The Hall–Kier alpha value is 0.0800. The molecule has 0 saturated heterocycles. The summed E-state index contributed by atoms with van der Waals surface area (Å²) in [5.74, 6) is 0. The predicted molar refractivity (Wildman–Crippen MR) is 32.7 cm³/mol.